The highest BCUT2D eigenvalue weighted by molar-refractivity contribution is 6.03. The van der Waals surface area contributed by atoms with Crippen LogP contribution in [0.5, 0.6) is 0 Å². The van der Waals surface area contributed by atoms with Gasteiger partial charge in [0.25, 0.3) is 0 Å². The predicted octanol–water partition coefficient (Wildman–Crippen LogP) is 3.11. The minimum absolute atomic E-state index is 0.103. The SMILES string of the molecule is CC(=O)Nc1ccc2c(C(=O)OCc3ccccc3)cc(=O)oc2c1. The van der Waals surface area contributed by atoms with Crippen molar-refractivity contribution in [3.8, 4) is 0 Å². The summed E-state index contributed by atoms with van der Waals surface area (Å²) < 4.78 is 10.4. The van der Waals surface area contributed by atoms with E-state index >= 15 is 0 Å². The summed E-state index contributed by atoms with van der Waals surface area (Å²) in [4.78, 5) is 35.3. The number of carbonyl (C=O) groups excluding carboxylic acids is 2. The number of esters is 1. The number of hydrogen-bond acceptors (Lipinski definition) is 5. The minimum atomic E-state index is -0.667. The molecule has 3 aromatic rings. The molecular formula is C19H15NO5. The van der Waals surface area contributed by atoms with E-state index < -0.39 is 11.6 Å². The molecule has 2 aromatic carbocycles. The number of benzene rings is 2. The molecule has 0 saturated heterocycles. The molecule has 6 nitrogen and oxygen atoms in total. The first-order valence-corrected chi connectivity index (χ1v) is 7.59. The highest BCUT2D eigenvalue weighted by Gasteiger charge is 2.15. The summed E-state index contributed by atoms with van der Waals surface area (Å²) in [5, 5.41) is 3.03. The van der Waals surface area contributed by atoms with Crippen LogP contribution >= 0.6 is 0 Å². The van der Waals surface area contributed by atoms with E-state index in [-0.39, 0.29) is 23.7 Å². The molecule has 0 saturated carbocycles. The van der Waals surface area contributed by atoms with Crippen molar-refractivity contribution < 1.29 is 18.7 Å². The molecule has 3 rings (SSSR count). The van der Waals surface area contributed by atoms with E-state index in [1.165, 1.54) is 13.0 Å². The van der Waals surface area contributed by atoms with Gasteiger partial charge >= 0.3 is 11.6 Å². The van der Waals surface area contributed by atoms with Crippen LogP contribution in [0.15, 0.2) is 63.8 Å². The lowest BCUT2D eigenvalue weighted by Crippen LogP contribution is -2.11. The molecule has 0 aliphatic heterocycles. The zero-order valence-electron chi connectivity index (χ0n) is 13.4. The predicted molar refractivity (Wildman–Crippen MR) is 92.3 cm³/mol. The second-order valence-electron chi connectivity index (χ2n) is 5.43. The topological polar surface area (TPSA) is 85.6 Å². The van der Waals surface area contributed by atoms with Gasteiger partial charge in [-0.3, -0.25) is 4.79 Å². The quantitative estimate of drug-likeness (QED) is 0.584. The van der Waals surface area contributed by atoms with Gasteiger partial charge in [-0.15, -0.1) is 0 Å². The highest BCUT2D eigenvalue weighted by Crippen LogP contribution is 2.22. The van der Waals surface area contributed by atoms with Gasteiger partial charge in [-0.2, -0.15) is 0 Å². The Kier molecular flexibility index (Phi) is 4.61. The second-order valence-corrected chi connectivity index (χ2v) is 5.43. The van der Waals surface area contributed by atoms with Crippen molar-refractivity contribution in [2.75, 3.05) is 5.32 Å². The molecule has 1 aromatic heterocycles. The van der Waals surface area contributed by atoms with Crippen LogP contribution in [0.3, 0.4) is 0 Å². The van der Waals surface area contributed by atoms with Crippen LogP contribution in [-0.2, 0) is 16.1 Å². The maximum atomic E-state index is 12.4. The molecule has 0 atom stereocenters. The van der Waals surface area contributed by atoms with Gasteiger partial charge in [0, 0.05) is 30.1 Å². The molecule has 0 unspecified atom stereocenters. The lowest BCUT2D eigenvalue weighted by molar-refractivity contribution is -0.114. The molecule has 1 amide bonds. The molecular weight excluding hydrogens is 322 g/mol. The highest BCUT2D eigenvalue weighted by atomic mass is 16.5. The van der Waals surface area contributed by atoms with Gasteiger partial charge < -0.3 is 14.5 Å². The zero-order chi connectivity index (χ0) is 17.8. The largest absolute Gasteiger partial charge is 0.457 e. The second kappa shape index (κ2) is 7.00. The molecule has 0 radical (unpaired) electrons. The van der Waals surface area contributed by atoms with E-state index in [0.29, 0.717) is 11.1 Å². The molecule has 0 spiro atoms. The zero-order valence-corrected chi connectivity index (χ0v) is 13.4. The average molecular weight is 337 g/mol. The minimum Gasteiger partial charge on any atom is -0.457 e. The van der Waals surface area contributed by atoms with Crippen molar-refractivity contribution in [1.29, 1.82) is 0 Å². The van der Waals surface area contributed by atoms with Gasteiger partial charge in [-0.05, 0) is 17.7 Å². The van der Waals surface area contributed by atoms with Gasteiger partial charge in [0.15, 0.2) is 0 Å². The number of ether oxygens (including phenoxy) is 1. The van der Waals surface area contributed by atoms with Crippen LogP contribution in [0.2, 0.25) is 0 Å². The maximum Gasteiger partial charge on any atom is 0.339 e. The van der Waals surface area contributed by atoms with Crippen molar-refractivity contribution in [2.45, 2.75) is 13.5 Å². The third kappa shape index (κ3) is 3.92. The van der Waals surface area contributed by atoms with Gasteiger partial charge in [-0.25, -0.2) is 9.59 Å². The summed E-state index contributed by atoms with van der Waals surface area (Å²) in [5.41, 5.74) is 0.968. The number of nitrogens with one attached hydrogen (secondary N) is 1. The van der Waals surface area contributed by atoms with Crippen molar-refractivity contribution >= 4 is 28.5 Å². The number of carbonyl (C=O) groups is 2. The Hall–Kier alpha value is -3.41. The first-order chi connectivity index (χ1) is 12.0. The molecule has 0 fully saturated rings. The maximum absolute atomic E-state index is 12.4. The monoisotopic (exact) mass is 337 g/mol. The molecule has 126 valence electrons. The Labute approximate surface area is 143 Å². The molecule has 0 aliphatic carbocycles. The number of fused-ring (bicyclic) bond motifs is 1. The Balaban J connectivity index is 1.91. The molecule has 6 heteroatoms. The molecule has 0 aliphatic rings. The summed E-state index contributed by atoms with van der Waals surface area (Å²) in [6.07, 6.45) is 0. The van der Waals surface area contributed by atoms with E-state index in [4.69, 9.17) is 9.15 Å². The number of rotatable bonds is 4. The van der Waals surface area contributed by atoms with Crippen LogP contribution in [0, 0.1) is 0 Å². The average Bonchev–Trinajstić information content (AvgIpc) is 2.59. The van der Waals surface area contributed by atoms with Crippen LogP contribution in [0.4, 0.5) is 5.69 Å². The Morgan fingerprint density at radius 3 is 2.56 bits per heavy atom. The van der Waals surface area contributed by atoms with Gasteiger partial charge in [0.2, 0.25) is 5.91 Å². The van der Waals surface area contributed by atoms with Gasteiger partial charge in [-0.1, -0.05) is 30.3 Å². The smallest absolute Gasteiger partial charge is 0.339 e. The van der Waals surface area contributed by atoms with Crippen molar-refractivity contribution in [1.82, 2.24) is 0 Å². The molecule has 1 N–H and O–H groups in total. The number of anilines is 1. The first-order valence-electron chi connectivity index (χ1n) is 7.59. The number of hydrogen-bond donors (Lipinski definition) is 1. The number of amides is 1. The first kappa shape index (κ1) is 16.4. The Bertz CT molecular complexity index is 992. The van der Waals surface area contributed by atoms with Crippen molar-refractivity contribution in [3.05, 3.63) is 76.1 Å². The van der Waals surface area contributed by atoms with E-state index in [1.54, 1.807) is 12.1 Å². The Morgan fingerprint density at radius 1 is 1.08 bits per heavy atom. The van der Waals surface area contributed by atoms with E-state index in [1.807, 2.05) is 30.3 Å². The standard InChI is InChI=1S/C19H15NO5/c1-12(21)20-14-7-8-15-16(10-18(22)25-17(15)9-14)19(23)24-11-13-5-3-2-4-6-13/h2-10H,11H2,1H3,(H,20,21). The van der Waals surface area contributed by atoms with Crippen LogP contribution in [-0.4, -0.2) is 11.9 Å². The van der Waals surface area contributed by atoms with Crippen molar-refractivity contribution in [2.24, 2.45) is 0 Å². The van der Waals surface area contributed by atoms with Crippen LogP contribution in [0.1, 0.15) is 22.8 Å². The van der Waals surface area contributed by atoms with Crippen LogP contribution in [0.25, 0.3) is 11.0 Å². The summed E-state index contributed by atoms with van der Waals surface area (Å²) in [6.45, 7) is 1.48. The van der Waals surface area contributed by atoms with E-state index in [2.05, 4.69) is 5.32 Å². The van der Waals surface area contributed by atoms with Crippen molar-refractivity contribution in [3.63, 3.8) is 0 Å². The van der Waals surface area contributed by atoms with Gasteiger partial charge in [0.05, 0.1) is 5.56 Å². The fraction of sp³-hybridized carbons (Fsp3) is 0.105. The summed E-state index contributed by atoms with van der Waals surface area (Å²) in [7, 11) is 0. The van der Waals surface area contributed by atoms with E-state index in [9.17, 15) is 14.4 Å². The van der Waals surface area contributed by atoms with E-state index in [0.717, 1.165) is 11.6 Å². The fourth-order valence-corrected chi connectivity index (χ4v) is 2.41. The third-order valence-corrected chi connectivity index (χ3v) is 3.50. The lowest BCUT2D eigenvalue weighted by Gasteiger charge is -2.08. The molecule has 0 bridgehead atoms. The molecule has 1 heterocycles. The summed E-state index contributed by atoms with van der Waals surface area (Å²) in [5.74, 6) is -0.867. The normalized spacial score (nSPS) is 10.4. The third-order valence-electron chi connectivity index (χ3n) is 3.50. The Morgan fingerprint density at radius 2 is 1.84 bits per heavy atom. The summed E-state index contributed by atoms with van der Waals surface area (Å²) >= 11 is 0. The fourth-order valence-electron chi connectivity index (χ4n) is 2.41. The summed E-state index contributed by atoms with van der Waals surface area (Å²) in [6, 6.07) is 15.1. The lowest BCUT2D eigenvalue weighted by atomic mass is 10.1. The molecule has 25 heavy (non-hydrogen) atoms. The van der Waals surface area contributed by atoms with Crippen LogP contribution < -0.4 is 10.9 Å². The van der Waals surface area contributed by atoms with Gasteiger partial charge in [0.1, 0.15) is 12.2 Å².